The molecule has 1 aromatic carbocycles. The topological polar surface area (TPSA) is 56.7 Å². The molecule has 0 unspecified atom stereocenters. The minimum atomic E-state index is -0.0725. The van der Waals surface area contributed by atoms with Gasteiger partial charge in [-0.1, -0.05) is 23.5 Å². The second kappa shape index (κ2) is 5.76. The number of hydrogen-bond acceptors (Lipinski definition) is 5. The number of aliphatic hydroxyl groups is 1. The summed E-state index contributed by atoms with van der Waals surface area (Å²) >= 11 is 1.70. The molecule has 0 bridgehead atoms. The second-order valence-electron chi connectivity index (χ2n) is 4.81. The van der Waals surface area contributed by atoms with Crippen LogP contribution in [0, 0.1) is 0 Å². The first kappa shape index (κ1) is 13.3. The third-order valence-corrected chi connectivity index (χ3v) is 4.61. The van der Waals surface area contributed by atoms with E-state index in [1.807, 2.05) is 23.1 Å². The van der Waals surface area contributed by atoms with Gasteiger partial charge in [0.05, 0.1) is 16.8 Å². The molecule has 1 aromatic heterocycles. The number of anilines is 1. The van der Waals surface area contributed by atoms with E-state index in [-0.39, 0.29) is 18.9 Å². The Hall–Kier alpha value is -1.66. The van der Waals surface area contributed by atoms with Gasteiger partial charge in [0.15, 0.2) is 5.13 Å². The molecule has 6 heteroatoms. The van der Waals surface area contributed by atoms with Crippen molar-refractivity contribution in [3.8, 4) is 0 Å². The van der Waals surface area contributed by atoms with Crippen LogP contribution in [-0.4, -0.2) is 53.7 Å². The lowest BCUT2D eigenvalue weighted by molar-refractivity contribution is -0.132. The zero-order chi connectivity index (χ0) is 13.9. The third-order valence-electron chi connectivity index (χ3n) is 3.51. The van der Waals surface area contributed by atoms with Gasteiger partial charge in [-0.25, -0.2) is 4.98 Å². The Morgan fingerprint density at radius 3 is 2.70 bits per heavy atom. The van der Waals surface area contributed by atoms with Crippen LogP contribution >= 0.6 is 11.3 Å². The lowest BCUT2D eigenvalue weighted by Gasteiger charge is -2.34. The summed E-state index contributed by atoms with van der Waals surface area (Å²) in [7, 11) is 0. The Kier molecular flexibility index (Phi) is 3.84. The summed E-state index contributed by atoms with van der Waals surface area (Å²) in [4.78, 5) is 20.4. The molecule has 1 N–H and O–H groups in total. The van der Waals surface area contributed by atoms with E-state index in [0.717, 1.165) is 23.7 Å². The molecule has 1 aliphatic heterocycles. The van der Waals surface area contributed by atoms with E-state index < -0.39 is 0 Å². The molecule has 106 valence electrons. The molecule has 2 heterocycles. The highest BCUT2D eigenvalue weighted by Gasteiger charge is 2.22. The molecule has 0 saturated carbocycles. The number of aliphatic hydroxyl groups excluding tert-OH is 1. The average Bonchev–Trinajstić information content (AvgIpc) is 2.91. The molecule has 5 nitrogen and oxygen atoms in total. The quantitative estimate of drug-likeness (QED) is 0.927. The number of fused-ring (bicyclic) bond motifs is 1. The van der Waals surface area contributed by atoms with Crippen molar-refractivity contribution in [2.24, 2.45) is 0 Å². The van der Waals surface area contributed by atoms with Gasteiger partial charge < -0.3 is 14.9 Å². The highest BCUT2D eigenvalue weighted by molar-refractivity contribution is 7.22. The minimum absolute atomic E-state index is 0.0384. The van der Waals surface area contributed by atoms with E-state index in [1.165, 1.54) is 4.70 Å². The molecule has 0 spiro atoms. The maximum atomic E-state index is 11.7. The number of nitrogens with zero attached hydrogens (tertiary/aromatic N) is 3. The first-order valence-corrected chi connectivity index (χ1v) is 7.59. The van der Waals surface area contributed by atoms with Crippen LogP contribution in [0.15, 0.2) is 24.3 Å². The van der Waals surface area contributed by atoms with Crippen molar-refractivity contribution < 1.29 is 9.90 Å². The number of aromatic nitrogens is 1. The fourth-order valence-corrected chi connectivity index (χ4v) is 3.41. The Bertz CT molecular complexity index is 572. The van der Waals surface area contributed by atoms with Crippen molar-refractivity contribution in [2.45, 2.75) is 6.42 Å². The predicted molar refractivity (Wildman–Crippen MR) is 80.1 cm³/mol. The van der Waals surface area contributed by atoms with Crippen molar-refractivity contribution in [2.75, 3.05) is 37.7 Å². The van der Waals surface area contributed by atoms with Crippen molar-refractivity contribution in [3.63, 3.8) is 0 Å². The normalized spacial score (nSPS) is 15.8. The minimum Gasteiger partial charge on any atom is -0.396 e. The number of rotatable bonds is 3. The summed E-state index contributed by atoms with van der Waals surface area (Å²) < 4.78 is 1.20. The molecule has 20 heavy (non-hydrogen) atoms. The number of benzene rings is 1. The van der Waals surface area contributed by atoms with E-state index in [4.69, 9.17) is 5.11 Å². The van der Waals surface area contributed by atoms with E-state index in [9.17, 15) is 4.79 Å². The van der Waals surface area contributed by atoms with Gasteiger partial charge >= 0.3 is 0 Å². The fraction of sp³-hybridized carbons (Fsp3) is 0.429. The van der Waals surface area contributed by atoms with E-state index in [1.54, 1.807) is 11.3 Å². The van der Waals surface area contributed by atoms with Gasteiger partial charge in [-0.3, -0.25) is 4.79 Å². The van der Waals surface area contributed by atoms with Crippen LogP contribution in [0.1, 0.15) is 6.42 Å². The molecule has 1 fully saturated rings. The van der Waals surface area contributed by atoms with Crippen LogP contribution in [0.4, 0.5) is 5.13 Å². The first-order valence-electron chi connectivity index (χ1n) is 6.77. The smallest absolute Gasteiger partial charge is 0.225 e. The summed E-state index contributed by atoms with van der Waals surface area (Å²) in [5.41, 5.74) is 1.03. The summed E-state index contributed by atoms with van der Waals surface area (Å²) in [6, 6.07) is 8.13. The van der Waals surface area contributed by atoms with Gasteiger partial charge in [0.1, 0.15) is 0 Å². The maximum absolute atomic E-state index is 11.7. The van der Waals surface area contributed by atoms with Crippen molar-refractivity contribution in [1.29, 1.82) is 0 Å². The lowest BCUT2D eigenvalue weighted by Crippen LogP contribution is -2.48. The van der Waals surface area contributed by atoms with Crippen molar-refractivity contribution >= 4 is 32.6 Å². The zero-order valence-corrected chi connectivity index (χ0v) is 12.0. The third kappa shape index (κ3) is 2.62. The van der Waals surface area contributed by atoms with Gasteiger partial charge in [0.2, 0.25) is 5.91 Å². The largest absolute Gasteiger partial charge is 0.396 e. The number of amides is 1. The standard InChI is InChI=1S/C14H17N3O2S/c18-10-5-13(19)16-6-8-17(9-7-16)14-15-11-3-1-2-4-12(11)20-14/h1-4,18H,5-10H2. The molecule has 0 aliphatic carbocycles. The number of carbonyl (C=O) groups excluding carboxylic acids is 1. The molecule has 1 aliphatic rings. The highest BCUT2D eigenvalue weighted by atomic mass is 32.1. The second-order valence-corrected chi connectivity index (χ2v) is 5.81. The molecule has 0 radical (unpaired) electrons. The number of carbonyl (C=O) groups is 1. The lowest BCUT2D eigenvalue weighted by atomic mass is 10.3. The van der Waals surface area contributed by atoms with Crippen LogP contribution in [0.3, 0.4) is 0 Å². The van der Waals surface area contributed by atoms with Gasteiger partial charge in [-0.15, -0.1) is 0 Å². The zero-order valence-electron chi connectivity index (χ0n) is 11.2. The number of piperazine rings is 1. The van der Waals surface area contributed by atoms with E-state index in [2.05, 4.69) is 16.0 Å². The average molecular weight is 291 g/mol. The maximum Gasteiger partial charge on any atom is 0.225 e. The monoisotopic (exact) mass is 291 g/mol. The Morgan fingerprint density at radius 1 is 1.25 bits per heavy atom. The van der Waals surface area contributed by atoms with Gasteiger partial charge in [-0.05, 0) is 12.1 Å². The molecule has 2 aromatic rings. The molecular formula is C14H17N3O2S. The molecule has 1 amide bonds. The Balaban J connectivity index is 1.67. The Morgan fingerprint density at radius 2 is 2.00 bits per heavy atom. The van der Waals surface area contributed by atoms with Crippen molar-refractivity contribution in [1.82, 2.24) is 9.88 Å². The molecule has 1 saturated heterocycles. The number of thiazole rings is 1. The summed E-state index contributed by atoms with van der Waals surface area (Å²) in [5, 5.41) is 9.84. The summed E-state index contributed by atoms with van der Waals surface area (Å²) in [6.07, 6.45) is 0.223. The van der Waals surface area contributed by atoms with E-state index >= 15 is 0 Å². The van der Waals surface area contributed by atoms with Gasteiger partial charge in [0, 0.05) is 32.6 Å². The van der Waals surface area contributed by atoms with Crippen LogP contribution in [0.25, 0.3) is 10.2 Å². The molecule has 3 rings (SSSR count). The fourth-order valence-electron chi connectivity index (χ4n) is 2.40. The van der Waals surface area contributed by atoms with E-state index in [0.29, 0.717) is 13.1 Å². The molecular weight excluding hydrogens is 274 g/mol. The van der Waals surface area contributed by atoms with Crippen LogP contribution in [0.2, 0.25) is 0 Å². The number of para-hydroxylation sites is 1. The van der Waals surface area contributed by atoms with Gasteiger partial charge in [0.25, 0.3) is 0 Å². The van der Waals surface area contributed by atoms with Gasteiger partial charge in [-0.2, -0.15) is 0 Å². The number of hydrogen-bond donors (Lipinski definition) is 1. The predicted octanol–water partition coefficient (Wildman–Crippen LogP) is 1.33. The highest BCUT2D eigenvalue weighted by Crippen LogP contribution is 2.29. The first-order chi connectivity index (χ1) is 9.78. The summed E-state index contributed by atoms with van der Waals surface area (Å²) in [6.45, 7) is 2.94. The van der Waals surface area contributed by atoms with Crippen LogP contribution < -0.4 is 4.90 Å². The molecule has 0 atom stereocenters. The summed E-state index contributed by atoms with van der Waals surface area (Å²) in [5.74, 6) is 0.0384. The van der Waals surface area contributed by atoms with Crippen molar-refractivity contribution in [3.05, 3.63) is 24.3 Å². The van der Waals surface area contributed by atoms with Crippen LogP contribution in [0.5, 0.6) is 0 Å². The van der Waals surface area contributed by atoms with Crippen LogP contribution in [-0.2, 0) is 4.79 Å². The SMILES string of the molecule is O=C(CCO)N1CCN(c2nc3ccccc3s2)CC1. The Labute approximate surface area is 121 Å².